The van der Waals surface area contributed by atoms with E-state index in [1.54, 1.807) is 0 Å². The summed E-state index contributed by atoms with van der Waals surface area (Å²) in [7, 11) is -2.31. The van der Waals surface area contributed by atoms with Gasteiger partial charge in [0.1, 0.15) is 0 Å². The van der Waals surface area contributed by atoms with Crippen molar-refractivity contribution in [1.82, 2.24) is 4.90 Å². The summed E-state index contributed by atoms with van der Waals surface area (Å²) in [5, 5.41) is 0. The van der Waals surface area contributed by atoms with Crippen LogP contribution in [0.3, 0.4) is 0 Å². The van der Waals surface area contributed by atoms with Crippen molar-refractivity contribution in [2.75, 3.05) is 31.1 Å². The number of hydrogen-bond donors (Lipinski definition) is 3. The van der Waals surface area contributed by atoms with Crippen molar-refractivity contribution >= 4 is 16.5 Å². The zero-order valence-corrected chi connectivity index (χ0v) is 8.29. The Kier molecular flexibility index (Phi) is 3.55. The SMILES string of the molecule is NC(=O)CCN1CCS(O)(O)CC1. The van der Waals surface area contributed by atoms with Crippen molar-refractivity contribution in [3.8, 4) is 0 Å². The lowest BCUT2D eigenvalue weighted by Gasteiger charge is -2.40. The highest BCUT2D eigenvalue weighted by atomic mass is 32.3. The minimum Gasteiger partial charge on any atom is -0.370 e. The van der Waals surface area contributed by atoms with Crippen LogP contribution in [0.1, 0.15) is 6.42 Å². The molecular formula is C7H16N2O3S. The fourth-order valence-electron chi connectivity index (χ4n) is 1.26. The molecule has 1 aliphatic heterocycles. The van der Waals surface area contributed by atoms with E-state index in [4.69, 9.17) is 5.73 Å². The molecule has 0 bridgehead atoms. The van der Waals surface area contributed by atoms with Crippen LogP contribution in [0.15, 0.2) is 0 Å². The number of primary amides is 1. The lowest BCUT2D eigenvalue weighted by atomic mass is 10.3. The molecule has 1 aliphatic rings. The number of nitrogens with two attached hydrogens (primary N) is 1. The van der Waals surface area contributed by atoms with Crippen LogP contribution in [0.25, 0.3) is 0 Å². The first-order valence-electron chi connectivity index (χ1n) is 4.24. The Labute approximate surface area is 79.2 Å². The van der Waals surface area contributed by atoms with Crippen molar-refractivity contribution in [2.45, 2.75) is 6.42 Å². The second-order valence-electron chi connectivity index (χ2n) is 3.27. The zero-order valence-electron chi connectivity index (χ0n) is 7.48. The molecule has 0 saturated carbocycles. The number of nitrogens with zero attached hydrogens (tertiary/aromatic N) is 1. The van der Waals surface area contributed by atoms with E-state index in [1.807, 2.05) is 4.90 Å². The minimum absolute atomic E-state index is 0.308. The third kappa shape index (κ3) is 3.95. The van der Waals surface area contributed by atoms with Crippen LogP contribution >= 0.6 is 10.6 Å². The Bertz CT molecular complexity index is 188. The predicted octanol–water partition coefficient (Wildman–Crippen LogP) is -0.0720. The lowest BCUT2D eigenvalue weighted by Crippen LogP contribution is -2.39. The van der Waals surface area contributed by atoms with Crippen LogP contribution in [0.4, 0.5) is 0 Å². The van der Waals surface area contributed by atoms with E-state index < -0.39 is 10.6 Å². The molecule has 78 valence electrons. The molecule has 1 saturated heterocycles. The Morgan fingerprint density at radius 2 is 1.92 bits per heavy atom. The molecule has 0 aromatic heterocycles. The summed E-state index contributed by atoms with van der Waals surface area (Å²) in [4.78, 5) is 12.5. The van der Waals surface area contributed by atoms with Gasteiger partial charge in [-0.3, -0.25) is 18.8 Å². The molecule has 0 aromatic carbocycles. The fraction of sp³-hybridized carbons (Fsp3) is 0.857. The van der Waals surface area contributed by atoms with Gasteiger partial charge in [-0.15, -0.1) is 0 Å². The fourth-order valence-corrected chi connectivity index (χ4v) is 2.56. The van der Waals surface area contributed by atoms with E-state index in [0.717, 1.165) is 0 Å². The maximum atomic E-state index is 10.5. The first kappa shape index (κ1) is 10.8. The molecule has 0 spiro atoms. The predicted molar refractivity (Wildman–Crippen MR) is 52.8 cm³/mol. The van der Waals surface area contributed by atoms with Crippen molar-refractivity contribution in [1.29, 1.82) is 0 Å². The van der Waals surface area contributed by atoms with Gasteiger partial charge in [-0.2, -0.15) is 10.6 Å². The van der Waals surface area contributed by atoms with Gasteiger partial charge < -0.3 is 5.73 Å². The third-order valence-corrected chi connectivity index (χ3v) is 3.82. The number of amides is 1. The summed E-state index contributed by atoms with van der Waals surface area (Å²) in [6.45, 7) is 1.93. The van der Waals surface area contributed by atoms with E-state index in [0.29, 0.717) is 37.6 Å². The van der Waals surface area contributed by atoms with Crippen LogP contribution in [0.2, 0.25) is 0 Å². The first-order chi connectivity index (χ1) is 5.99. The van der Waals surface area contributed by atoms with Gasteiger partial charge in [-0.25, -0.2) is 0 Å². The maximum Gasteiger partial charge on any atom is 0.218 e. The van der Waals surface area contributed by atoms with Crippen molar-refractivity contribution in [3.63, 3.8) is 0 Å². The maximum absolute atomic E-state index is 10.5. The molecular weight excluding hydrogens is 192 g/mol. The second kappa shape index (κ2) is 4.28. The molecule has 0 radical (unpaired) electrons. The molecule has 1 rings (SSSR count). The van der Waals surface area contributed by atoms with Crippen molar-refractivity contribution in [3.05, 3.63) is 0 Å². The van der Waals surface area contributed by atoms with E-state index in [2.05, 4.69) is 0 Å². The molecule has 1 fully saturated rings. The van der Waals surface area contributed by atoms with E-state index >= 15 is 0 Å². The Balaban J connectivity index is 2.21. The topological polar surface area (TPSA) is 86.8 Å². The van der Waals surface area contributed by atoms with E-state index in [1.165, 1.54) is 0 Å². The molecule has 13 heavy (non-hydrogen) atoms. The number of rotatable bonds is 3. The minimum atomic E-state index is -2.31. The first-order valence-corrected chi connectivity index (χ1v) is 6.12. The molecule has 6 heteroatoms. The highest BCUT2D eigenvalue weighted by Crippen LogP contribution is 2.40. The summed E-state index contributed by atoms with van der Waals surface area (Å²) in [6.07, 6.45) is 0.346. The van der Waals surface area contributed by atoms with Gasteiger partial charge in [0.15, 0.2) is 0 Å². The van der Waals surface area contributed by atoms with Gasteiger partial charge in [-0.1, -0.05) is 0 Å². The Hall–Kier alpha value is -0.300. The van der Waals surface area contributed by atoms with Crippen LogP contribution < -0.4 is 5.73 Å². The molecule has 1 heterocycles. The van der Waals surface area contributed by atoms with E-state index in [9.17, 15) is 13.9 Å². The van der Waals surface area contributed by atoms with Crippen molar-refractivity contribution in [2.24, 2.45) is 5.73 Å². The van der Waals surface area contributed by atoms with Crippen LogP contribution in [-0.2, 0) is 4.79 Å². The van der Waals surface area contributed by atoms with Gasteiger partial charge >= 0.3 is 0 Å². The van der Waals surface area contributed by atoms with E-state index in [-0.39, 0.29) is 5.91 Å². The van der Waals surface area contributed by atoms with Gasteiger partial charge in [0.2, 0.25) is 5.91 Å². The third-order valence-electron chi connectivity index (χ3n) is 2.14. The summed E-state index contributed by atoms with van der Waals surface area (Å²) in [5.41, 5.74) is 5.00. The van der Waals surface area contributed by atoms with Crippen molar-refractivity contribution < 1.29 is 13.9 Å². The second-order valence-corrected chi connectivity index (χ2v) is 5.69. The van der Waals surface area contributed by atoms with Crippen LogP contribution in [-0.4, -0.2) is 51.1 Å². The van der Waals surface area contributed by atoms with Gasteiger partial charge in [-0.05, 0) is 0 Å². The summed E-state index contributed by atoms with van der Waals surface area (Å²) < 4.78 is 18.6. The Morgan fingerprint density at radius 3 is 2.38 bits per heavy atom. The number of carbonyl (C=O) groups is 1. The highest BCUT2D eigenvalue weighted by molar-refractivity contribution is 8.24. The van der Waals surface area contributed by atoms with Crippen LogP contribution in [0, 0.1) is 0 Å². The summed E-state index contributed by atoms with van der Waals surface area (Å²) in [6, 6.07) is 0. The average molecular weight is 208 g/mol. The molecule has 4 N–H and O–H groups in total. The normalized spacial score (nSPS) is 25.4. The van der Waals surface area contributed by atoms with Gasteiger partial charge in [0.25, 0.3) is 0 Å². The molecule has 0 aliphatic carbocycles. The van der Waals surface area contributed by atoms with Gasteiger partial charge in [0.05, 0.1) is 11.5 Å². The molecule has 1 amide bonds. The molecule has 0 aromatic rings. The largest absolute Gasteiger partial charge is 0.370 e. The monoisotopic (exact) mass is 208 g/mol. The van der Waals surface area contributed by atoms with Crippen LogP contribution in [0.5, 0.6) is 0 Å². The highest BCUT2D eigenvalue weighted by Gasteiger charge is 2.21. The average Bonchev–Trinajstić information content (AvgIpc) is 2.02. The van der Waals surface area contributed by atoms with Gasteiger partial charge in [0, 0.05) is 26.1 Å². The molecule has 0 unspecified atom stereocenters. The summed E-state index contributed by atoms with van der Waals surface area (Å²) in [5.74, 6) is 0.537. The lowest BCUT2D eigenvalue weighted by molar-refractivity contribution is -0.118. The molecule has 5 nitrogen and oxygen atoms in total. The summed E-state index contributed by atoms with van der Waals surface area (Å²) >= 11 is 0. The molecule has 0 atom stereocenters. The number of carbonyl (C=O) groups excluding carboxylic acids is 1. The quantitative estimate of drug-likeness (QED) is 0.606. The standard InChI is InChI=1S/C7H16N2O3S/c8-7(10)1-2-9-3-5-13(11,12)6-4-9/h11-12H,1-6H2,(H2,8,10). The Morgan fingerprint density at radius 1 is 1.38 bits per heavy atom. The zero-order chi connectivity index (χ0) is 9.90. The smallest absolute Gasteiger partial charge is 0.218 e. The number of hydrogen-bond acceptors (Lipinski definition) is 4.